The van der Waals surface area contributed by atoms with Gasteiger partial charge < -0.3 is 9.47 Å². The summed E-state index contributed by atoms with van der Waals surface area (Å²) in [6.07, 6.45) is 0. The van der Waals surface area contributed by atoms with Gasteiger partial charge in [-0.25, -0.2) is 8.42 Å². The van der Waals surface area contributed by atoms with Gasteiger partial charge in [0.2, 0.25) is 0 Å². The zero-order chi connectivity index (χ0) is 20.1. The molecule has 0 spiro atoms. The molecular weight excluding hydrogens is 374 g/mol. The normalized spacial score (nSPS) is 11.1. The minimum atomic E-state index is -3.79. The summed E-state index contributed by atoms with van der Waals surface area (Å²) in [5, 5.41) is 0. The van der Waals surface area contributed by atoms with Crippen molar-refractivity contribution in [2.45, 2.75) is 18.4 Å². The highest BCUT2D eigenvalue weighted by atomic mass is 32.2. The van der Waals surface area contributed by atoms with Gasteiger partial charge in [0.1, 0.15) is 11.5 Å². The third-order valence-corrected chi connectivity index (χ3v) is 6.21. The van der Waals surface area contributed by atoms with Crippen molar-refractivity contribution >= 4 is 15.7 Å². The first-order valence-electron chi connectivity index (χ1n) is 8.80. The van der Waals surface area contributed by atoms with Crippen LogP contribution in [0.4, 0.5) is 5.69 Å². The lowest BCUT2D eigenvalue weighted by molar-refractivity contribution is 0.413. The highest BCUT2D eigenvalue weighted by Crippen LogP contribution is 2.28. The second-order valence-corrected chi connectivity index (χ2v) is 8.24. The Kier molecular flexibility index (Phi) is 5.90. The van der Waals surface area contributed by atoms with E-state index < -0.39 is 10.0 Å². The van der Waals surface area contributed by atoms with Crippen LogP contribution in [0.25, 0.3) is 0 Å². The van der Waals surface area contributed by atoms with E-state index >= 15 is 0 Å². The topological polar surface area (TPSA) is 55.8 Å². The fourth-order valence-corrected chi connectivity index (χ4v) is 4.30. The number of anilines is 1. The number of aryl methyl sites for hydroxylation is 1. The Morgan fingerprint density at radius 1 is 0.821 bits per heavy atom. The van der Waals surface area contributed by atoms with Crippen molar-refractivity contribution in [3.8, 4) is 11.5 Å². The molecule has 0 bridgehead atoms. The number of benzene rings is 3. The molecule has 0 atom stereocenters. The molecule has 0 N–H and O–H groups in total. The van der Waals surface area contributed by atoms with Crippen LogP contribution in [0.5, 0.6) is 11.5 Å². The van der Waals surface area contributed by atoms with Gasteiger partial charge >= 0.3 is 0 Å². The largest absolute Gasteiger partial charge is 0.497 e. The van der Waals surface area contributed by atoms with Crippen molar-refractivity contribution in [2.75, 3.05) is 18.5 Å². The highest BCUT2D eigenvalue weighted by Gasteiger charge is 2.25. The van der Waals surface area contributed by atoms with Gasteiger partial charge in [0, 0.05) is 6.07 Å². The van der Waals surface area contributed by atoms with Crippen molar-refractivity contribution in [1.82, 2.24) is 0 Å². The minimum Gasteiger partial charge on any atom is -0.497 e. The molecule has 0 aliphatic carbocycles. The summed E-state index contributed by atoms with van der Waals surface area (Å²) in [7, 11) is -0.679. The van der Waals surface area contributed by atoms with Crippen LogP contribution in [0.15, 0.2) is 77.7 Å². The molecule has 0 saturated carbocycles. The van der Waals surface area contributed by atoms with E-state index in [1.165, 1.54) is 17.5 Å². The van der Waals surface area contributed by atoms with Crippen LogP contribution in [0.2, 0.25) is 0 Å². The van der Waals surface area contributed by atoms with E-state index in [1.807, 2.05) is 55.5 Å². The number of nitrogens with zero attached hydrogens (tertiary/aromatic N) is 1. The van der Waals surface area contributed by atoms with Gasteiger partial charge in [-0.3, -0.25) is 4.31 Å². The summed E-state index contributed by atoms with van der Waals surface area (Å²) in [5.41, 5.74) is 2.52. The standard InChI is InChI=1S/C22H23NO4S/c1-17-7-11-19(12-8-17)23(16-18-9-13-20(26-2)14-10-18)28(24,25)22-6-4-5-21(15-22)27-3/h4-15H,16H2,1-3H3. The Bertz CT molecular complexity index is 1030. The van der Waals surface area contributed by atoms with E-state index in [0.29, 0.717) is 11.4 Å². The van der Waals surface area contributed by atoms with Gasteiger partial charge in [-0.2, -0.15) is 0 Å². The van der Waals surface area contributed by atoms with Crippen molar-refractivity contribution in [2.24, 2.45) is 0 Å². The Morgan fingerprint density at radius 3 is 2.07 bits per heavy atom. The van der Waals surface area contributed by atoms with Crippen LogP contribution in [0, 0.1) is 6.92 Å². The molecule has 0 saturated heterocycles. The molecule has 5 nitrogen and oxygen atoms in total. The molecule has 28 heavy (non-hydrogen) atoms. The van der Waals surface area contributed by atoms with Crippen molar-refractivity contribution in [1.29, 1.82) is 0 Å². The molecule has 0 aromatic heterocycles. The molecule has 0 fully saturated rings. The van der Waals surface area contributed by atoms with Crippen LogP contribution >= 0.6 is 0 Å². The third-order valence-electron chi connectivity index (χ3n) is 4.44. The van der Waals surface area contributed by atoms with Gasteiger partial charge in [-0.1, -0.05) is 35.9 Å². The SMILES string of the molecule is COc1ccc(CN(c2ccc(C)cc2)S(=O)(=O)c2cccc(OC)c2)cc1. The zero-order valence-corrected chi connectivity index (χ0v) is 16.9. The van der Waals surface area contributed by atoms with Crippen molar-refractivity contribution in [3.05, 3.63) is 83.9 Å². The predicted molar refractivity (Wildman–Crippen MR) is 111 cm³/mol. The zero-order valence-electron chi connectivity index (χ0n) is 16.1. The van der Waals surface area contributed by atoms with Crippen LogP contribution in [0.3, 0.4) is 0 Å². The number of rotatable bonds is 7. The van der Waals surface area contributed by atoms with E-state index in [9.17, 15) is 8.42 Å². The van der Waals surface area contributed by atoms with E-state index in [1.54, 1.807) is 25.3 Å². The molecule has 3 rings (SSSR count). The molecular formula is C22H23NO4S. The first-order valence-corrected chi connectivity index (χ1v) is 10.2. The Hall–Kier alpha value is -2.99. The molecule has 0 aliphatic rings. The number of ether oxygens (including phenoxy) is 2. The lowest BCUT2D eigenvalue weighted by Crippen LogP contribution is -2.30. The average molecular weight is 397 g/mol. The molecule has 6 heteroatoms. The second-order valence-electron chi connectivity index (χ2n) is 6.37. The lowest BCUT2D eigenvalue weighted by atomic mass is 10.2. The Morgan fingerprint density at radius 2 is 1.46 bits per heavy atom. The van der Waals surface area contributed by atoms with Crippen LogP contribution in [-0.2, 0) is 16.6 Å². The molecule has 3 aromatic rings. The van der Waals surface area contributed by atoms with Crippen LogP contribution in [-0.4, -0.2) is 22.6 Å². The van der Waals surface area contributed by atoms with Gasteiger partial charge in [-0.05, 0) is 48.9 Å². The third kappa shape index (κ3) is 4.28. The summed E-state index contributed by atoms with van der Waals surface area (Å²) in [6.45, 7) is 2.17. The monoisotopic (exact) mass is 397 g/mol. The number of hydrogen-bond acceptors (Lipinski definition) is 4. The fourth-order valence-electron chi connectivity index (χ4n) is 2.81. The summed E-state index contributed by atoms with van der Waals surface area (Å²) in [6, 6.07) is 21.3. The molecule has 146 valence electrons. The van der Waals surface area contributed by atoms with E-state index in [2.05, 4.69) is 0 Å². The van der Waals surface area contributed by atoms with Gasteiger partial charge in [-0.15, -0.1) is 0 Å². The minimum absolute atomic E-state index is 0.181. The second kappa shape index (κ2) is 8.35. The number of methoxy groups -OCH3 is 2. The maximum Gasteiger partial charge on any atom is 0.264 e. The molecule has 0 amide bonds. The van der Waals surface area contributed by atoms with Crippen LogP contribution in [0.1, 0.15) is 11.1 Å². The van der Waals surface area contributed by atoms with Gasteiger partial charge in [0.05, 0.1) is 31.3 Å². The first kappa shape index (κ1) is 19.8. The maximum atomic E-state index is 13.5. The first-order chi connectivity index (χ1) is 13.4. The molecule has 0 radical (unpaired) electrons. The summed E-state index contributed by atoms with van der Waals surface area (Å²) in [5.74, 6) is 1.22. The van der Waals surface area contributed by atoms with E-state index in [0.717, 1.165) is 16.9 Å². The average Bonchev–Trinajstić information content (AvgIpc) is 2.73. The van der Waals surface area contributed by atoms with Gasteiger partial charge in [0.25, 0.3) is 10.0 Å². The number of sulfonamides is 1. The smallest absolute Gasteiger partial charge is 0.264 e. The molecule has 0 heterocycles. The molecule has 0 unspecified atom stereocenters. The van der Waals surface area contributed by atoms with E-state index in [-0.39, 0.29) is 11.4 Å². The predicted octanol–water partition coefficient (Wildman–Crippen LogP) is 4.41. The Labute approximate surface area is 166 Å². The fraction of sp³-hybridized carbons (Fsp3) is 0.182. The summed E-state index contributed by atoms with van der Waals surface area (Å²) < 4.78 is 38.7. The Balaban J connectivity index is 2.04. The summed E-state index contributed by atoms with van der Waals surface area (Å²) >= 11 is 0. The maximum absolute atomic E-state index is 13.5. The summed E-state index contributed by atoms with van der Waals surface area (Å²) in [4.78, 5) is 0.181. The lowest BCUT2D eigenvalue weighted by Gasteiger charge is -2.25. The van der Waals surface area contributed by atoms with E-state index in [4.69, 9.17) is 9.47 Å². The van der Waals surface area contributed by atoms with Crippen LogP contribution < -0.4 is 13.8 Å². The number of hydrogen-bond donors (Lipinski definition) is 0. The molecule has 0 aliphatic heterocycles. The van der Waals surface area contributed by atoms with Crippen molar-refractivity contribution in [3.63, 3.8) is 0 Å². The highest BCUT2D eigenvalue weighted by molar-refractivity contribution is 7.92. The van der Waals surface area contributed by atoms with Gasteiger partial charge in [0.15, 0.2) is 0 Å². The molecule has 3 aromatic carbocycles. The van der Waals surface area contributed by atoms with Crippen molar-refractivity contribution < 1.29 is 17.9 Å². The quantitative estimate of drug-likeness (QED) is 0.593.